The minimum Gasteiger partial charge on any atom is -0.384 e. The zero-order valence-corrected chi connectivity index (χ0v) is 27.0. The molecule has 0 radical (unpaired) electrons. The normalized spacial score (nSPS) is 14.1. The van der Waals surface area contributed by atoms with Gasteiger partial charge >= 0.3 is 7.60 Å². The molecular formula is C32H67O6P. The molecule has 2 N–H and O–H groups in total. The zero-order valence-electron chi connectivity index (χ0n) is 26.1. The van der Waals surface area contributed by atoms with Crippen LogP contribution in [-0.4, -0.2) is 48.9 Å². The van der Waals surface area contributed by atoms with Gasteiger partial charge in [0.1, 0.15) is 12.5 Å². The molecule has 0 amide bonds. The minimum absolute atomic E-state index is 0.0367. The average molecular weight is 579 g/mol. The lowest BCUT2D eigenvalue weighted by Crippen LogP contribution is -2.26. The van der Waals surface area contributed by atoms with E-state index < -0.39 is 13.9 Å². The molecule has 0 fully saturated rings. The van der Waals surface area contributed by atoms with Crippen LogP contribution in [0.3, 0.4) is 0 Å². The SMILES string of the molecule is CCCCCCCCCCCCCCOC[C@H](COP(=O)(O)CO)OCCCCCCCCCCCCCC. The van der Waals surface area contributed by atoms with Crippen molar-refractivity contribution in [1.82, 2.24) is 0 Å². The Balaban J connectivity index is 3.79. The summed E-state index contributed by atoms with van der Waals surface area (Å²) in [7, 11) is -3.95. The Morgan fingerprint density at radius 2 is 0.897 bits per heavy atom. The lowest BCUT2D eigenvalue weighted by atomic mass is 10.1. The molecule has 6 nitrogen and oxygen atoms in total. The first kappa shape index (κ1) is 39.0. The third-order valence-electron chi connectivity index (χ3n) is 7.44. The summed E-state index contributed by atoms with van der Waals surface area (Å²) in [6.07, 6.45) is 30.0. The van der Waals surface area contributed by atoms with Crippen molar-refractivity contribution in [1.29, 1.82) is 0 Å². The Morgan fingerprint density at radius 3 is 1.28 bits per heavy atom. The molecule has 0 aliphatic carbocycles. The van der Waals surface area contributed by atoms with Crippen molar-refractivity contribution in [2.45, 2.75) is 174 Å². The highest BCUT2D eigenvalue weighted by atomic mass is 31.2. The first-order valence-electron chi connectivity index (χ1n) is 16.8. The van der Waals surface area contributed by atoms with Gasteiger partial charge in [-0.25, -0.2) is 0 Å². The van der Waals surface area contributed by atoms with E-state index >= 15 is 0 Å². The van der Waals surface area contributed by atoms with E-state index in [1.54, 1.807) is 0 Å². The Morgan fingerprint density at radius 1 is 0.538 bits per heavy atom. The number of unbranched alkanes of at least 4 members (excludes halogenated alkanes) is 22. The van der Waals surface area contributed by atoms with Crippen molar-refractivity contribution < 1.29 is 28.6 Å². The van der Waals surface area contributed by atoms with Crippen molar-refractivity contribution in [2.75, 3.05) is 32.8 Å². The number of aliphatic hydroxyl groups is 1. The number of hydrogen-bond donors (Lipinski definition) is 2. The van der Waals surface area contributed by atoms with Gasteiger partial charge in [0.25, 0.3) is 0 Å². The molecule has 0 aliphatic heterocycles. The Labute approximate surface area is 242 Å². The van der Waals surface area contributed by atoms with Crippen LogP contribution in [0.4, 0.5) is 0 Å². The zero-order chi connectivity index (χ0) is 28.7. The van der Waals surface area contributed by atoms with Crippen LogP contribution in [0.2, 0.25) is 0 Å². The Hall–Kier alpha value is 0.0300. The molecular weight excluding hydrogens is 511 g/mol. The van der Waals surface area contributed by atoms with Crippen LogP contribution < -0.4 is 0 Å². The van der Waals surface area contributed by atoms with Crippen LogP contribution in [0.15, 0.2) is 0 Å². The van der Waals surface area contributed by atoms with Crippen LogP contribution in [0.5, 0.6) is 0 Å². The maximum absolute atomic E-state index is 11.7. The van der Waals surface area contributed by atoms with E-state index in [1.165, 1.54) is 135 Å². The molecule has 0 aromatic carbocycles. The summed E-state index contributed by atoms with van der Waals surface area (Å²) in [5, 5.41) is 9.00. The Bertz CT molecular complexity index is 519. The van der Waals surface area contributed by atoms with E-state index in [9.17, 15) is 9.46 Å². The molecule has 0 saturated carbocycles. The highest BCUT2D eigenvalue weighted by Crippen LogP contribution is 2.40. The summed E-state index contributed by atoms with van der Waals surface area (Å²) in [6.45, 7) is 6.11. The standard InChI is InChI=1S/C32H67O6P/c1-3-5-7-9-11-13-15-17-19-21-23-25-27-36-29-32(30-38-39(34,35)31-33)37-28-26-24-22-20-18-16-14-12-10-8-6-4-2/h32-33H,3-31H2,1-2H3,(H,34,35)/t32-/m1/s1. The van der Waals surface area contributed by atoms with E-state index in [4.69, 9.17) is 19.1 Å². The van der Waals surface area contributed by atoms with E-state index in [1.807, 2.05) is 0 Å². The number of hydrogen-bond acceptors (Lipinski definition) is 5. The second-order valence-electron chi connectivity index (χ2n) is 11.4. The van der Waals surface area contributed by atoms with Crippen LogP contribution in [0.1, 0.15) is 168 Å². The lowest BCUT2D eigenvalue weighted by Gasteiger charge is -2.19. The monoisotopic (exact) mass is 578 g/mol. The fraction of sp³-hybridized carbons (Fsp3) is 1.00. The molecule has 0 aromatic heterocycles. The summed E-state index contributed by atoms with van der Waals surface area (Å²) in [6, 6.07) is 0. The van der Waals surface area contributed by atoms with Crippen LogP contribution >= 0.6 is 7.60 Å². The number of ether oxygens (including phenoxy) is 2. The third kappa shape index (κ3) is 30.8. The third-order valence-corrected chi connectivity index (χ3v) is 8.35. The Kier molecular flexibility index (Phi) is 31.0. The van der Waals surface area contributed by atoms with Crippen molar-refractivity contribution >= 4 is 7.60 Å². The molecule has 0 bridgehead atoms. The van der Waals surface area contributed by atoms with Gasteiger partial charge in [-0.3, -0.25) is 4.57 Å². The molecule has 2 atom stereocenters. The predicted molar refractivity (Wildman–Crippen MR) is 166 cm³/mol. The maximum atomic E-state index is 11.7. The summed E-state index contributed by atoms with van der Waals surface area (Å²) < 4.78 is 28.4. The minimum atomic E-state index is -3.95. The highest BCUT2D eigenvalue weighted by molar-refractivity contribution is 7.52. The summed E-state index contributed by atoms with van der Waals surface area (Å²) >= 11 is 0. The van der Waals surface area contributed by atoms with Gasteiger partial charge in [-0.2, -0.15) is 0 Å². The first-order chi connectivity index (χ1) is 19.1. The van der Waals surface area contributed by atoms with Gasteiger partial charge in [-0.15, -0.1) is 0 Å². The molecule has 7 heteroatoms. The van der Waals surface area contributed by atoms with Gasteiger partial charge < -0.3 is 24.0 Å². The topological polar surface area (TPSA) is 85.2 Å². The van der Waals surface area contributed by atoms with Crippen molar-refractivity contribution in [2.24, 2.45) is 0 Å². The lowest BCUT2D eigenvalue weighted by molar-refractivity contribution is -0.0409. The van der Waals surface area contributed by atoms with Gasteiger partial charge in [0.15, 0.2) is 0 Å². The number of rotatable bonds is 33. The van der Waals surface area contributed by atoms with Gasteiger partial charge in [-0.1, -0.05) is 155 Å². The number of aliphatic hydroxyl groups excluding tert-OH is 1. The molecule has 39 heavy (non-hydrogen) atoms. The molecule has 0 rings (SSSR count). The molecule has 0 aromatic rings. The fourth-order valence-electron chi connectivity index (χ4n) is 4.84. The van der Waals surface area contributed by atoms with Gasteiger partial charge in [-0.05, 0) is 12.8 Å². The first-order valence-corrected chi connectivity index (χ1v) is 18.6. The van der Waals surface area contributed by atoms with Crippen molar-refractivity contribution in [3.63, 3.8) is 0 Å². The summed E-state index contributed by atoms with van der Waals surface area (Å²) in [5.74, 6) is 0. The second-order valence-corrected chi connectivity index (χ2v) is 13.2. The quantitative estimate of drug-likeness (QED) is 0.0595. The van der Waals surface area contributed by atoms with Crippen molar-refractivity contribution in [3.8, 4) is 0 Å². The molecule has 236 valence electrons. The predicted octanol–water partition coefficient (Wildman–Crippen LogP) is 9.94. The van der Waals surface area contributed by atoms with Crippen LogP contribution in [0, 0.1) is 0 Å². The molecule has 0 heterocycles. The van der Waals surface area contributed by atoms with E-state index in [0.29, 0.717) is 19.8 Å². The summed E-state index contributed by atoms with van der Waals surface area (Å²) in [5.41, 5.74) is 0. The summed E-state index contributed by atoms with van der Waals surface area (Å²) in [4.78, 5) is 9.54. The van der Waals surface area contributed by atoms with Crippen molar-refractivity contribution in [3.05, 3.63) is 0 Å². The molecule has 0 saturated heterocycles. The molecule has 1 unspecified atom stereocenters. The van der Waals surface area contributed by atoms with Gasteiger partial charge in [0.05, 0.1) is 13.2 Å². The molecule has 0 aliphatic rings. The van der Waals surface area contributed by atoms with Crippen LogP contribution in [0.25, 0.3) is 0 Å². The average Bonchev–Trinajstić information content (AvgIpc) is 2.93. The van der Waals surface area contributed by atoms with E-state index in [-0.39, 0.29) is 12.7 Å². The fourth-order valence-corrected chi connectivity index (χ4v) is 5.32. The largest absolute Gasteiger partial charge is 0.384 e. The maximum Gasteiger partial charge on any atom is 0.353 e. The van der Waals surface area contributed by atoms with Gasteiger partial charge in [0, 0.05) is 13.2 Å². The highest BCUT2D eigenvalue weighted by Gasteiger charge is 2.21. The van der Waals surface area contributed by atoms with E-state index in [0.717, 1.165) is 19.3 Å². The second kappa shape index (κ2) is 31.0. The smallest absolute Gasteiger partial charge is 0.353 e. The van der Waals surface area contributed by atoms with E-state index in [2.05, 4.69) is 13.8 Å². The van der Waals surface area contributed by atoms with Gasteiger partial charge in [0.2, 0.25) is 0 Å². The molecule has 0 spiro atoms. The van der Waals surface area contributed by atoms with Crippen LogP contribution in [-0.2, 0) is 18.6 Å².